The van der Waals surface area contributed by atoms with Crippen LogP contribution < -0.4 is 5.73 Å². The molecule has 106 valence electrons. The molecule has 19 heavy (non-hydrogen) atoms. The predicted octanol–water partition coefficient (Wildman–Crippen LogP) is 3.97. The van der Waals surface area contributed by atoms with E-state index in [1.165, 1.54) is 6.07 Å². The molecule has 0 spiro atoms. The molecule has 1 aromatic rings. The molecule has 1 nitrogen and oxygen atoms in total. The Labute approximate surface area is 127 Å². The molecule has 2 rings (SSSR count). The van der Waals surface area contributed by atoms with Gasteiger partial charge in [-0.3, -0.25) is 0 Å². The molecule has 1 fully saturated rings. The third kappa shape index (κ3) is 4.03. The van der Waals surface area contributed by atoms with Crippen molar-refractivity contribution >= 4 is 35.1 Å². The summed E-state index contributed by atoms with van der Waals surface area (Å²) in [6, 6.07) is 4.64. The number of halogens is 2. The van der Waals surface area contributed by atoms with Gasteiger partial charge in [-0.25, -0.2) is 4.39 Å². The van der Waals surface area contributed by atoms with Gasteiger partial charge in [0.05, 0.1) is 0 Å². The summed E-state index contributed by atoms with van der Waals surface area (Å²) in [5, 5.41) is 2.21. The molecule has 5 heteroatoms. The molecule has 4 unspecified atom stereocenters. The largest absolute Gasteiger partial charge is 0.326 e. The van der Waals surface area contributed by atoms with Crippen LogP contribution in [0.3, 0.4) is 0 Å². The lowest BCUT2D eigenvalue weighted by molar-refractivity contribution is 0.583. The average molecular weight is 320 g/mol. The molecular weight excluding hydrogens is 301 g/mol. The Morgan fingerprint density at radius 3 is 2.84 bits per heavy atom. The zero-order valence-electron chi connectivity index (χ0n) is 11.1. The molecular formula is C14H19ClFNS2. The summed E-state index contributed by atoms with van der Waals surface area (Å²) >= 11 is 9.80. The van der Waals surface area contributed by atoms with E-state index in [-0.39, 0.29) is 11.9 Å². The standard InChI is InChI=1S/C14H19ClFNS2/c1-8-9(2)19-14(7-18-8)13(17)6-10-5-11(15)3-4-12(10)16/h3-5,8-9,13-14H,6-7,17H2,1-2H3. The van der Waals surface area contributed by atoms with E-state index in [2.05, 4.69) is 13.8 Å². The smallest absolute Gasteiger partial charge is 0.126 e. The topological polar surface area (TPSA) is 26.0 Å². The molecule has 2 N–H and O–H groups in total. The summed E-state index contributed by atoms with van der Waals surface area (Å²) < 4.78 is 13.7. The van der Waals surface area contributed by atoms with E-state index in [0.29, 0.717) is 32.8 Å². The van der Waals surface area contributed by atoms with Crippen molar-refractivity contribution in [2.45, 2.75) is 42.1 Å². The molecule has 0 radical (unpaired) electrons. The number of benzene rings is 1. The van der Waals surface area contributed by atoms with Crippen LogP contribution in [0, 0.1) is 5.82 Å². The van der Waals surface area contributed by atoms with Gasteiger partial charge < -0.3 is 5.73 Å². The molecule has 0 bridgehead atoms. The molecule has 1 heterocycles. The Bertz CT molecular complexity index is 443. The fourth-order valence-electron chi connectivity index (χ4n) is 2.12. The SMILES string of the molecule is CC1SCC(C(N)Cc2cc(Cl)ccc2F)SC1C. The van der Waals surface area contributed by atoms with Crippen molar-refractivity contribution in [1.29, 1.82) is 0 Å². The maximum Gasteiger partial charge on any atom is 0.126 e. The zero-order valence-corrected chi connectivity index (χ0v) is 13.5. The number of thioether (sulfide) groups is 2. The average Bonchev–Trinajstić information content (AvgIpc) is 2.37. The highest BCUT2D eigenvalue weighted by Gasteiger charge is 2.29. The Morgan fingerprint density at radius 1 is 1.42 bits per heavy atom. The summed E-state index contributed by atoms with van der Waals surface area (Å²) in [5.74, 6) is 0.828. The second kappa shape index (κ2) is 6.70. The summed E-state index contributed by atoms with van der Waals surface area (Å²) in [7, 11) is 0. The van der Waals surface area contributed by atoms with E-state index in [1.807, 2.05) is 23.5 Å². The first-order valence-electron chi connectivity index (χ1n) is 6.44. The van der Waals surface area contributed by atoms with Crippen LogP contribution in [0.4, 0.5) is 4.39 Å². The Balaban J connectivity index is 2.01. The van der Waals surface area contributed by atoms with Crippen LogP contribution in [0.2, 0.25) is 5.02 Å². The van der Waals surface area contributed by atoms with Gasteiger partial charge in [-0.05, 0) is 30.2 Å². The highest BCUT2D eigenvalue weighted by Crippen LogP contribution is 2.37. The molecule has 1 aliphatic heterocycles. The first-order chi connectivity index (χ1) is 8.97. The van der Waals surface area contributed by atoms with E-state index in [1.54, 1.807) is 12.1 Å². The Kier molecular flexibility index (Phi) is 5.46. The van der Waals surface area contributed by atoms with E-state index in [9.17, 15) is 4.39 Å². The lowest BCUT2D eigenvalue weighted by Gasteiger charge is -2.34. The van der Waals surface area contributed by atoms with Gasteiger partial charge in [0.1, 0.15) is 5.82 Å². The molecule has 0 aromatic heterocycles. The van der Waals surface area contributed by atoms with Gasteiger partial charge >= 0.3 is 0 Å². The number of rotatable bonds is 3. The van der Waals surface area contributed by atoms with Gasteiger partial charge in [-0.2, -0.15) is 23.5 Å². The van der Waals surface area contributed by atoms with Crippen LogP contribution in [0.1, 0.15) is 19.4 Å². The van der Waals surface area contributed by atoms with E-state index < -0.39 is 0 Å². The van der Waals surface area contributed by atoms with Crippen molar-refractivity contribution < 1.29 is 4.39 Å². The minimum absolute atomic E-state index is 0.0274. The highest BCUT2D eigenvalue weighted by atomic mass is 35.5. The fraction of sp³-hybridized carbons (Fsp3) is 0.571. The van der Waals surface area contributed by atoms with Gasteiger partial charge in [0, 0.05) is 32.6 Å². The van der Waals surface area contributed by atoms with Crippen LogP contribution in [0.15, 0.2) is 18.2 Å². The van der Waals surface area contributed by atoms with Crippen LogP contribution in [0.25, 0.3) is 0 Å². The molecule has 1 aromatic carbocycles. The van der Waals surface area contributed by atoms with Crippen molar-refractivity contribution in [1.82, 2.24) is 0 Å². The number of nitrogens with two attached hydrogens (primary N) is 1. The van der Waals surface area contributed by atoms with Crippen LogP contribution in [-0.2, 0) is 6.42 Å². The van der Waals surface area contributed by atoms with Crippen molar-refractivity contribution in [2.75, 3.05) is 5.75 Å². The number of hydrogen-bond donors (Lipinski definition) is 1. The molecule has 1 saturated heterocycles. The molecule has 0 saturated carbocycles. The highest BCUT2D eigenvalue weighted by molar-refractivity contribution is 8.07. The second-order valence-corrected chi connectivity index (χ2v) is 8.49. The van der Waals surface area contributed by atoms with E-state index in [4.69, 9.17) is 17.3 Å². The van der Waals surface area contributed by atoms with Crippen LogP contribution in [0.5, 0.6) is 0 Å². The first kappa shape index (κ1) is 15.5. The third-order valence-corrected chi connectivity index (χ3v) is 7.32. The third-order valence-electron chi connectivity index (χ3n) is 3.51. The van der Waals surface area contributed by atoms with Gasteiger partial charge in [-0.15, -0.1) is 0 Å². The van der Waals surface area contributed by atoms with Crippen molar-refractivity contribution in [3.63, 3.8) is 0 Å². The van der Waals surface area contributed by atoms with Crippen molar-refractivity contribution in [2.24, 2.45) is 5.73 Å². The predicted molar refractivity (Wildman–Crippen MR) is 85.9 cm³/mol. The summed E-state index contributed by atoms with van der Waals surface area (Å²) in [4.78, 5) is 0. The van der Waals surface area contributed by atoms with Crippen molar-refractivity contribution in [3.8, 4) is 0 Å². The minimum Gasteiger partial charge on any atom is -0.326 e. The first-order valence-corrected chi connectivity index (χ1v) is 8.81. The monoisotopic (exact) mass is 319 g/mol. The molecule has 4 atom stereocenters. The zero-order chi connectivity index (χ0) is 14.0. The molecule has 0 amide bonds. The van der Waals surface area contributed by atoms with Crippen LogP contribution in [-0.4, -0.2) is 27.5 Å². The Morgan fingerprint density at radius 2 is 2.16 bits per heavy atom. The maximum atomic E-state index is 13.7. The Hall–Kier alpha value is 0.1000. The summed E-state index contributed by atoms with van der Waals surface area (Å²) in [6.45, 7) is 4.49. The molecule has 0 aliphatic carbocycles. The van der Waals surface area contributed by atoms with Gasteiger partial charge in [0.25, 0.3) is 0 Å². The maximum absolute atomic E-state index is 13.7. The van der Waals surface area contributed by atoms with Gasteiger partial charge in [0.2, 0.25) is 0 Å². The quantitative estimate of drug-likeness (QED) is 0.912. The van der Waals surface area contributed by atoms with Gasteiger partial charge in [0.15, 0.2) is 0 Å². The summed E-state index contributed by atoms with van der Waals surface area (Å²) in [5.41, 5.74) is 6.89. The normalized spacial score (nSPS) is 29.2. The minimum atomic E-state index is -0.213. The lowest BCUT2D eigenvalue weighted by atomic mass is 10.0. The lowest BCUT2D eigenvalue weighted by Crippen LogP contribution is -2.41. The van der Waals surface area contributed by atoms with Gasteiger partial charge in [-0.1, -0.05) is 25.4 Å². The number of hydrogen-bond acceptors (Lipinski definition) is 3. The second-order valence-electron chi connectivity index (χ2n) is 5.02. The van der Waals surface area contributed by atoms with Crippen LogP contribution >= 0.6 is 35.1 Å². The molecule has 1 aliphatic rings. The summed E-state index contributed by atoms with van der Waals surface area (Å²) in [6.07, 6.45) is 0.547. The van der Waals surface area contributed by atoms with E-state index in [0.717, 1.165) is 5.75 Å². The van der Waals surface area contributed by atoms with Crippen molar-refractivity contribution in [3.05, 3.63) is 34.6 Å². The van der Waals surface area contributed by atoms with E-state index >= 15 is 0 Å². The fourth-order valence-corrected chi connectivity index (χ4v) is 5.37.